The molecule has 0 spiro atoms. The van der Waals surface area contributed by atoms with Gasteiger partial charge in [-0.05, 0) is 11.1 Å². The van der Waals surface area contributed by atoms with Gasteiger partial charge >= 0.3 is 6.03 Å². The number of hydrogen-bond acceptors (Lipinski definition) is 3. The molecule has 1 aliphatic heterocycles. The third-order valence-electron chi connectivity index (χ3n) is 5.09. The Morgan fingerprint density at radius 3 is 2.29 bits per heavy atom. The van der Waals surface area contributed by atoms with Crippen molar-refractivity contribution in [1.29, 1.82) is 0 Å². The molecule has 2 aromatic carbocycles. The predicted octanol–water partition coefficient (Wildman–Crippen LogP) is 3.44. The Labute approximate surface area is 165 Å². The normalized spacial score (nSPS) is 14.8. The maximum atomic E-state index is 12.6. The van der Waals surface area contributed by atoms with E-state index in [1.165, 1.54) is 5.56 Å². The molecule has 0 unspecified atom stereocenters. The fourth-order valence-corrected chi connectivity index (χ4v) is 3.55. The number of carbonyl (C=O) groups is 1. The number of nitrogens with one attached hydrogen (secondary N) is 1. The molecule has 4 rings (SSSR count). The molecule has 6 heteroatoms. The van der Waals surface area contributed by atoms with Crippen molar-refractivity contribution in [3.8, 4) is 11.3 Å². The van der Waals surface area contributed by atoms with Crippen molar-refractivity contribution in [3.05, 3.63) is 72.3 Å². The maximum Gasteiger partial charge on any atom is 0.323 e. The Morgan fingerprint density at radius 1 is 0.964 bits per heavy atom. The first-order valence-corrected chi connectivity index (χ1v) is 9.61. The smallest absolute Gasteiger partial charge is 0.322 e. The molecule has 1 aromatic heterocycles. The number of aromatic nitrogens is 2. The van der Waals surface area contributed by atoms with Crippen LogP contribution in [0.25, 0.3) is 11.3 Å². The lowest BCUT2D eigenvalue weighted by Gasteiger charge is -2.34. The Hall–Kier alpha value is -3.12. The summed E-state index contributed by atoms with van der Waals surface area (Å²) in [4.78, 5) is 16.9. The minimum atomic E-state index is -0.0860. The van der Waals surface area contributed by atoms with E-state index in [0.29, 0.717) is 5.82 Å². The fourth-order valence-electron chi connectivity index (χ4n) is 3.55. The first-order chi connectivity index (χ1) is 13.7. The van der Waals surface area contributed by atoms with Crippen molar-refractivity contribution >= 4 is 11.8 Å². The number of anilines is 1. The number of benzene rings is 2. The zero-order valence-corrected chi connectivity index (χ0v) is 16.1. The van der Waals surface area contributed by atoms with Crippen LogP contribution >= 0.6 is 0 Å². The van der Waals surface area contributed by atoms with E-state index in [-0.39, 0.29) is 6.03 Å². The number of rotatable bonds is 4. The van der Waals surface area contributed by atoms with Gasteiger partial charge in [-0.3, -0.25) is 14.9 Å². The highest BCUT2D eigenvalue weighted by Crippen LogP contribution is 2.22. The lowest BCUT2D eigenvalue weighted by Crippen LogP contribution is -2.49. The minimum absolute atomic E-state index is 0.0860. The van der Waals surface area contributed by atoms with Crippen LogP contribution < -0.4 is 5.32 Å². The number of carbonyl (C=O) groups excluding carboxylic acids is 1. The van der Waals surface area contributed by atoms with E-state index in [1.54, 1.807) is 4.68 Å². The summed E-state index contributed by atoms with van der Waals surface area (Å²) >= 11 is 0. The van der Waals surface area contributed by atoms with E-state index in [0.717, 1.165) is 44.0 Å². The van der Waals surface area contributed by atoms with Gasteiger partial charge in [-0.1, -0.05) is 60.7 Å². The van der Waals surface area contributed by atoms with Crippen LogP contribution in [0.4, 0.5) is 10.6 Å². The van der Waals surface area contributed by atoms with Crippen LogP contribution in [0.5, 0.6) is 0 Å². The van der Waals surface area contributed by atoms with Gasteiger partial charge in [-0.2, -0.15) is 5.10 Å². The summed E-state index contributed by atoms with van der Waals surface area (Å²) in [5, 5.41) is 7.38. The molecule has 3 aromatic rings. The SMILES string of the molecule is Cn1nc(NC(=O)N2CCN(Cc3ccccc3)CC2)cc1-c1ccccc1. The Morgan fingerprint density at radius 2 is 1.61 bits per heavy atom. The van der Waals surface area contributed by atoms with Crippen LogP contribution in [-0.4, -0.2) is 51.8 Å². The summed E-state index contributed by atoms with van der Waals surface area (Å²) in [6, 6.07) is 22.3. The lowest BCUT2D eigenvalue weighted by molar-refractivity contribution is 0.143. The second-order valence-corrected chi connectivity index (χ2v) is 7.08. The number of hydrogen-bond donors (Lipinski definition) is 1. The number of piperazine rings is 1. The van der Waals surface area contributed by atoms with Crippen LogP contribution in [0.1, 0.15) is 5.56 Å². The van der Waals surface area contributed by atoms with Crippen molar-refractivity contribution in [2.75, 3.05) is 31.5 Å². The van der Waals surface area contributed by atoms with Crippen molar-refractivity contribution in [2.24, 2.45) is 7.05 Å². The average Bonchev–Trinajstić information content (AvgIpc) is 3.10. The highest BCUT2D eigenvalue weighted by atomic mass is 16.2. The molecular formula is C22H25N5O. The molecular weight excluding hydrogens is 350 g/mol. The highest BCUT2D eigenvalue weighted by molar-refractivity contribution is 5.89. The van der Waals surface area contributed by atoms with Crippen LogP contribution in [0.2, 0.25) is 0 Å². The third-order valence-corrected chi connectivity index (χ3v) is 5.09. The van der Waals surface area contributed by atoms with Gasteiger partial charge in [0.15, 0.2) is 5.82 Å². The van der Waals surface area contributed by atoms with E-state index >= 15 is 0 Å². The molecule has 0 bridgehead atoms. The molecule has 2 amide bonds. The Bertz CT molecular complexity index is 915. The molecule has 0 atom stereocenters. The molecule has 1 aliphatic rings. The summed E-state index contributed by atoms with van der Waals surface area (Å²) in [7, 11) is 1.89. The van der Waals surface area contributed by atoms with Crippen molar-refractivity contribution < 1.29 is 4.79 Å². The predicted molar refractivity (Wildman–Crippen MR) is 111 cm³/mol. The van der Waals surface area contributed by atoms with E-state index in [2.05, 4.69) is 39.6 Å². The van der Waals surface area contributed by atoms with Crippen LogP contribution in [0.15, 0.2) is 66.7 Å². The molecule has 28 heavy (non-hydrogen) atoms. The van der Waals surface area contributed by atoms with E-state index in [9.17, 15) is 4.79 Å². The maximum absolute atomic E-state index is 12.6. The molecule has 1 saturated heterocycles. The summed E-state index contributed by atoms with van der Waals surface area (Å²) in [5.74, 6) is 0.582. The summed E-state index contributed by atoms with van der Waals surface area (Å²) < 4.78 is 1.79. The molecule has 0 radical (unpaired) electrons. The van der Waals surface area contributed by atoms with E-state index < -0.39 is 0 Å². The second-order valence-electron chi connectivity index (χ2n) is 7.08. The average molecular weight is 375 g/mol. The summed E-state index contributed by atoms with van der Waals surface area (Å²) in [6.45, 7) is 4.12. The van der Waals surface area contributed by atoms with Gasteiger partial charge in [0.2, 0.25) is 0 Å². The first-order valence-electron chi connectivity index (χ1n) is 9.61. The zero-order valence-electron chi connectivity index (χ0n) is 16.1. The standard InChI is InChI=1S/C22H25N5O/c1-25-20(19-10-6-3-7-11-19)16-21(24-25)23-22(28)27-14-12-26(13-15-27)17-18-8-4-2-5-9-18/h2-11,16H,12-15,17H2,1H3,(H,23,24,28). The topological polar surface area (TPSA) is 53.4 Å². The van der Waals surface area contributed by atoms with Gasteiger partial charge in [0.25, 0.3) is 0 Å². The fraction of sp³-hybridized carbons (Fsp3) is 0.273. The minimum Gasteiger partial charge on any atom is -0.322 e. The number of aryl methyl sites for hydroxylation is 1. The van der Waals surface area contributed by atoms with Crippen molar-refractivity contribution in [3.63, 3.8) is 0 Å². The van der Waals surface area contributed by atoms with Crippen molar-refractivity contribution in [1.82, 2.24) is 19.6 Å². The highest BCUT2D eigenvalue weighted by Gasteiger charge is 2.22. The quantitative estimate of drug-likeness (QED) is 0.760. The van der Waals surface area contributed by atoms with Crippen LogP contribution in [0, 0.1) is 0 Å². The van der Waals surface area contributed by atoms with Gasteiger partial charge in [0, 0.05) is 45.8 Å². The Balaban J connectivity index is 1.33. The number of urea groups is 1. The van der Waals surface area contributed by atoms with Crippen LogP contribution in [0.3, 0.4) is 0 Å². The first kappa shape index (κ1) is 18.3. The Kier molecular flexibility index (Phi) is 5.39. The summed E-state index contributed by atoms with van der Waals surface area (Å²) in [6.07, 6.45) is 0. The molecule has 2 heterocycles. The summed E-state index contributed by atoms with van der Waals surface area (Å²) in [5.41, 5.74) is 3.36. The molecule has 1 N–H and O–H groups in total. The van der Waals surface area contributed by atoms with E-state index in [4.69, 9.17) is 0 Å². The number of amides is 2. The van der Waals surface area contributed by atoms with Gasteiger partial charge in [0.1, 0.15) is 0 Å². The van der Waals surface area contributed by atoms with E-state index in [1.807, 2.05) is 54.4 Å². The lowest BCUT2D eigenvalue weighted by atomic mass is 10.1. The molecule has 144 valence electrons. The number of nitrogens with zero attached hydrogens (tertiary/aromatic N) is 4. The second kappa shape index (κ2) is 8.27. The monoisotopic (exact) mass is 375 g/mol. The van der Waals surface area contributed by atoms with Gasteiger partial charge < -0.3 is 4.90 Å². The molecule has 0 saturated carbocycles. The molecule has 0 aliphatic carbocycles. The molecule has 6 nitrogen and oxygen atoms in total. The zero-order chi connectivity index (χ0) is 19.3. The van der Waals surface area contributed by atoms with Crippen molar-refractivity contribution in [2.45, 2.75) is 6.54 Å². The third kappa shape index (κ3) is 4.23. The molecule has 1 fully saturated rings. The largest absolute Gasteiger partial charge is 0.323 e. The van der Waals surface area contributed by atoms with Gasteiger partial charge in [-0.15, -0.1) is 0 Å². The van der Waals surface area contributed by atoms with Gasteiger partial charge in [0.05, 0.1) is 5.69 Å². The van der Waals surface area contributed by atoms with Crippen LogP contribution in [-0.2, 0) is 13.6 Å². The van der Waals surface area contributed by atoms with Gasteiger partial charge in [-0.25, -0.2) is 4.79 Å².